The molecular formula is C19H23N3O5. The minimum absolute atomic E-state index is 0.0478. The third kappa shape index (κ3) is 4.64. The largest absolute Gasteiger partial charge is 0.484 e. The van der Waals surface area contributed by atoms with E-state index >= 15 is 0 Å². The molecule has 2 fully saturated rings. The smallest absolute Gasteiger partial charge is 0.260 e. The van der Waals surface area contributed by atoms with Crippen molar-refractivity contribution in [3.8, 4) is 5.75 Å². The van der Waals surface area contributed by atoms with Gasteiger partial charge in [-0.3, -0.25) is 24.1 Å². The van der Waals surface area contributed by atoms with Crippen molar-refractivity contribution in [2.24, 2.45) is 0 Å². The van der Waals surface area contributed by atoms with Crippen LogP contribution in [0.5, 0.6) is 5.75 Å². The fourth-order valence-electron chi connectivity index (χ4n) is 3.11. The van der Waals surface area contributed by atoms with E-state index in [1.165, 1.54) is 0 Å². The molecule has 0 bridgehead atoms. The predicted octanol–water partition coefficient (Wildman–Crippen LogP) is 0.194. The first-order valence-electron chi connectivity index (χ1n) is 9.02. The summed E-state index contributed by atoms with van der Waals surface area (Å²) in [7, 11) is 0. The maximum absolute atomic E-state index is 12.3. The third-order valence-corrected chi connectivity index (χ3v) is 4.82. The van der Waals surface area contributed by atoms with E-state index in [4.69, 9.17) is 4.74 Å². The fraction of sp³-hybridized carbons (Fsp3) is 0.474. The van der Waals surface area contributed by atoms with Crippen LogP contribution >= 0.6 is 0 Å². The van der Waals surface area contributed by atoms with Crippen molar-refractivity contribution in [2.45, 2.75) is 19.8 Å². The third-order valence-electron chi connectivity index (χ3n) is 4.82. The summed E-state index contributed by atoms with van der Waals surface area (Å²) in [5.74, 6) is -0.345. The molecule has 2 heterocycles. The normalized spacial score (nSPS) is 17.4. The van der Waals surface area contributed by atoms with Gasteiger partial charge in [0.15, 0.2) is 6.61 Å². The molecule has 0 saturated carbocycles. The van der Waals surface area contributed by atoms with Crippen molar-refractivity contribution in [1.29, 1.82) is 0 Å². The van der Waals surface area contributed by atoms with Gasteiger partial charge >= 0.3 is 0 Å². The summed E-state index contributed by atoms with van der Waals surface area (Å²) in [5.41, 5.74) is 1.12. The highest BCUT2D eigenvalue weighted by atomic mass is 16.5. The number of aryl methyl sites for hydroxylation is 1. The molecular weight excluding hydrogens is 350 g/mol. The summed E-state index contributed by atoms with van der Waals surface area (Å²) in [6, 6.07) is 7.47. The fourth-order valence-corrected chi connectivity index (χ4v) is 3.11. The van der Waals surface area contributed by atoms with Gasteiger partial charge in [-0.15, -0.1) is 0 Å². The Hall–Kier alpha value is -2.90. The van der Waals surface area contributed by atoms with Crippen LogP contribution in [0.25, 0.3) is 0 Å². The number of hydrogen-bond acceptors (Lipinski definition) is 5. The zero-order valence-electron chi connectivity index (χ0n) is 15.3. The molecule has 2 saturated heterocycles. The minimum atomic E-state index is -0.296. The van der Waals surface area contributed by atoms with Crippen LogP contribution in [0.2, 0.25) is 0 Å². The molecule has 3 rings (SSSR count). The molecule has 27 heavy (non-hydrogen) atoms. The van der Waals surface area contributed by atoms with E-state index in [-0.39, 0.29) is 49.6 Å². The van der Waals surface area contributed by atoms with Gasteiger partial charge in [-0.2, -0.15) is 0 Å². The van der Waals surface area contributed by atoms with Crippen molar-refractivity contribution in [3.63, 3.8) is 0 Å². The van der Waals surface area contributed by atoms with Crippen molar-refractivity contribution in [2.75, 3.05) is 39.3 Å². The highest BCUT2D eigenvalue weighted by Gasteiger charge is 2.33. The Morgan fingerprint density at radius 3 is 1.96 bits per heavy atom. The second-order valence-electron chi connectivity index (χ2n) is 6.74. The number of amides is 4. The molecule has 0 spiro atoms. The standard InChI is InChI=1S/C19H23N3O5/c1-14-2-4-15(5-3-14)27-13-19(26)21-10-8-20(9-11-21)18(25)12-22-16(23)6-7-17(22)24/h2-5H,6-13H2,1H3. The van der Waals surface area contributed by atoms with E-state index in [2.05, 4.69) is 0 Å². The Bertz CT molecular complexity index is 722. The van der Waals surface area contributed by atoms with E-state index in [9.17, 15) is 19.2 Å². The molecule has 2 aliphatic rings. The van der Waals surface area contributed by atoms with Gasteiger partial charge in [-0.25, -0.2) is 0 Å². The maximum Gasteiger partial charge on any atom is 0.260 e. The van der Waals surface area contributed by atoms with E-state index in [0.717, 1.165) is 10.5 Å². The average Bonchev–Trinajstić information content (AvgIpc) is 2.99. The maximum atomic E-state index is 12.3. The van der Waals surface area contributed by atoms with Crippen molar-refractivity contribution in [3.05, 3.63) is 29.8 Å². The molecule has 0 unspecified atom stereocenters. The summed E-state index contributed by atoms with van der Waals surface area (Å²) in [5, 5.41) is 0. The zero-order chi connectivity index (χ0) is 19.4. The Labute approximate surface area is 157 Å². The molecule has 1 aromatic carbocycles. The Morgan fingerprint density at radius 2 is 1.41 bits per heavy atom. The van der Waals surface area contributed by atoms with E-state index in [1.807, 2.05) is 31.2 Å². The summed E-state index contributed by atoms with van der Waals surface area (Å²) in [6.45, 7) is 3.30. The molecule has 144 valence electrons. The zero-order valence-corrected chi connectivity index (χ0v) is 15.3. The number of carbonyl (C=O) groups is 4. The molecule has 0 aromatic heterocycles. The van der Waals surface area contributed by atoms with E-state index in [0.29, 0.717) is 31.9 Å². The van der Waals surface area contributed by atoms with E-state index < -0.39 is 0 Å². The van der Waals surface area contributed by atoms with Crippen LogP contribution < -0.4 is 4.74 Å². The Morgan fingerprint density at radius 1 is 0.889 bits per heavy atom. The highest BCUT2D eigenvalue weighted by Crippen LogP contribution is 2.14. The quantitative estimate of drug-likeness (QED) is 0.688. The van der Waals surface area contributed by atoms with Crippen molar-refractivity contribution >= 4 is 23.6 Å². The summed E-state index contributed by atoms with van der Waals surface area (Å²) in [6.07, 6.45) is 0.352. The summed E-state index contributed by atoms with van der Waals surface area (Å²) < 4.78 is 5.51. The van der Waals surface area contributed by atoms with Crippen LogP contribution in [-0.2, 0) is 19.2 Å². The van der Waals surface area contributed by atoms with Gasteiger partial charge in [0.05, 0.1) is 0 Å². The Kier molecular flexibility index (Phi) is 5.73. The molecule has 4 amide bonds. The predicted molar refractivity (Wildman–Crippen MR) is 95.8 cm³/mol. The van der Waals surface area contributed by atoms with Crippen LogP contribution in [0, 0.1) is 6.92 Å². The lowest BCUT2D eigenvalue weighted by Crippen LogP contribution is -2.53. The lowest BCUT2D eigenvalue weighted by atomic mass is 10.2. The van der Waals surface area contributed by atoms with Crippen LogP contribution in [-0.4, -0.2) is 77.7 Å². The molecule has 2 aliphatic heterocycles. The van der Waals surface area contributed by atoms with Gasteiger partial charge in [0, 0.05) is 39.0 Å². The number of nitrogens with zero attached hydrogens (tertiary/aromatic N) is 3. The van der Waals surface area contributed by atoms with E-state index in [1.54, 1.807) is 9.80 Å². The van der Waals surface area contributed by atoms with Crippen LogP contribution in [0.1, 0.15) is 18.4 Å². The molecule has 0 N–H and O–H groups in total. The second-order valence-corrected chi connectivity index (χ2v) is 6.74. The molecule has 0 radical (unpaired) electrons. The number of imide groups is 1. The molecule has 8 nitrogen and oxygen atoms in total. The first-order chi connectivity index (χ1) is 12.9. The number of piperazine rings is 1. The highest BCUT2D eigenvalue weighted by molar-refractivity contribution is 6.04. The molecule has 1 aromatic rings. The molecule has 0 aliphatic carbocycles. The average molecular weight is 373 g/mol. The number of carbonyl (C=O) groups excluding carboxylic acids is 4. The number of likely N-dealkylation sites (tertiary alicyclic amines) is 1. The monoisotopic (exact) mass is 373 g/mol. The lowest BCUT2D eigenvalue weighted by Gasteiger charge is -2.35. The van der Waals surface area contributed by atoms with Gasteiger partial charge in [0.2, 0.25) is 17.7 Å². The van der Waals surface area contributed by atoms with Gasteiger partial charge in [0.1, 0.15) is 12.3 Å². The van der Waals surface area contributed by atoms with Gasteiger partial charge < -0.3 is 14.5 Å². The topological polar surface area (TPSA) is 87.2 Å². The molecule has 0 atom stereocenters. The summed E-state index contributed by atoms with van der Waals surface area (Å²) in [4.78, 5) is 52.1. The Balaban J connectivity index is 1.43. The number of benzene rings is 1. The second kappa shape index (κ2) is 8.20. The van der Waals surface area contributed by atoms with Crippen molar-refractivity contribution < 1.29 is 23.9 Å². The van der Waals surface area contributed by atoms with Crippen LogP contribution in [0.15, 0.2) is 24.3 Å². The first-order valence-corrected chi connectivity index (χ1v) is 9.02. The van der Waals surface area contributed by atoms with Gasteiger partial charge in [0.25, 0.3) is 5.91 Å². The van der Waals surface area contributed by atoms with Crippen molar-refractivity contribution in [1.82, 2.24) is 14.7 Å². The van der Waals surface area contributed by atoms with Gasteiger partial charge in [-0.05, 0) is 19.1 Å². The number of rotatable bonds is 5. The van der Waals surface area contributed by atoms with Crippen LogP contribution in [0.3, 0.4) is 0 Å². The number of ether oxygens (including phenoxy) is 1. The molecule has 8 heteroatoms. The SMILES string of the molecule is Cc1ccc(OCC(=O)N2CCN(C(=O)CN3C(=O)CCC3=O)CC2)cc1. The summed E-state index contributed by atoms with van der Waals surface area (Å²) >= 11 is 0. The minimum Gasteiger partial charge on any atom is -0.484 e. The van der Waals surface area contributed by atoms with Gasteiger partial charge in [-0.1, -0.05) is 17.7 Å². The van der Waals surface area contributed by atoms with Crippen LogP contribution in [0.4, 0.5) is 0 Å². The first kappa shape index (κ1) is 18.9. The number of hydrogen-bond donors (Lipinski definition) is 0. The lowest BCUT2D eigenvalue weighted by molar-refractivity contribution is -0.147.